The van der Waals surface area contributed by atoms with Gasteiger partial charge in [0.2, 0.25) is 5.91 Å². The molecule has 0 bridgehead atoms. The van der Waals surface area contributed by atoms with Crippen molar-refractivity contribution in [3.8, 4) is 5.75 Å². The summed E-state index contributed by atoms with van der Waals surface area (Å²) in [6, 6.07) is 22.4. The van der Waals surface area contributed by atoms with Gasteiger partial charge in [-0.05, 0) is 59.5 Å². The average Bonchev–Trinajstić information content (AvgIpc) is 2.97. The van der Waals surface area contributed by atoms with Crippen LogP contribution in [0.25, 0.3) is 0 Å². The number of amides is 2. The molecule has 2 amide bonds. The first kappa shape index (κ1) is 28.1. The van der Waals surface area contributed by atoms with Crippen LogP contribution in [0.5, 0.6) is 5.75 Å². The van der Waals surface area contributed by atoms with E-state index in [2.05, 4.69) is 11.4 Å². The smallest absolute Gasteiger partial charge is 0.255 e. The third-order valence-electron chi connectivity index (χ3n) is 7.20. The van der Waals surface area contributed by atoms with Gasteiger partial charge in [-0.1, -0.05) is 55.5 Å². The SMILES string of the molecule is COc1ccc(C(=O)Nc2ccc([C@@H](OC)[C@H](C)/C=C/CC(=O)N3Cc4ccccc4C[C@H]3CO)cc2)cc1. The number of aliphatic hydroxyl groups is 1. The molecule has 3 aromatic rings. The average molecular weight is 529 g/mol. The Labute approximate surface area is 230 Å². The van der Waals surface area contributed by atoms with Gasteiger partial charge >= 0.3 is 0 Å². The van der Waals surface area contributed by atoms with Crippen molar-refractivity contribution in [2.24, 2.45) is 5.92 Å². The van der Waals surface area contributed by atoms with Gasteiger partial charge in [-0.15, -0.1) is 0 Å². The maximum Gasteiger partial charge on any atom is 0.255 e. The van der Waals surface area contributed by atoms with Crippen LogP contribution in [-0.2, 0) is 22.5 Å². The molecular weight excluding hydrogens is 492 g/mol. The molecule has 2 N–H and O–H groups in total. The predicted octanol–water partition coefficient (Wildman–Crippen LogP) is 5.16. The largest absolute Gasteiger partial charge is 0.497 e. The normalized spacial score (nSPS) is 16.4. The number of nitrogens with one attached hydrogen (secondary N) is 1. The van der Waals surface area contributed by atoms with Gasteiger partial charge in [0, 0.05) is 37.2 Å². The minimum atomic E-state index is -0.213. The molecular formula is C32H36N2O5. The fraction of sp³-hybridized carbons (Fsp3) is 0.312. The van der Waals surface area contributed by atoms with Gasteiger partial charge in [-0.3, -0.25) is 9.59 Å². The maximum absolute atomic E-state index is 13.0. The summed E-state index contributed by atoms with van der Waals surface area (Å²) in [6.07, 6.45) is 4.60. The Hall–Kier alpha value is -3.94. The highest BCUT2D eigenvalue weighted by molar-refractivity contribution is 6.04. The molecule has 0 radical (unpaired) electrons. The first-order valence-electron chi connectivity index (χ1n) is 13.2. The molecule has 204 valence electrons. The van der Waals surface area contributed by atoms with Gasteiger partial charge in [-0.25, -0.2) is 0 Å². The van der Waals surface area contributed by atoms with Crippen molar-refractivity contribution in [2.75, 3.05) is 26.1 Å². The number of rotatable bonds is 10. The molecule has 0 spiro atoms. The molecule has 4 rings (SSSR count). The standard InChI is InChI=1S/C32H36N2O5/c1-22(7-6-10-30(36)34-20-26-9-5-4-8-25(26)19-28(34)21-35)31(39-3)23-11-15-27(16-12-23)33-32(37)24-13-17-29(38-2)18-14-24/h4-9,11-18,22,28,31,35H,10,19-21H2,1-3H3,(H,33,37)/b7-6+/t22-,28+,31+/m1/s1. The number of hydrogen-bond donors (Lipinski definition) is 2. The number of carbonyl (C=O) groups is 2. The molecule has 39 heavy (non-hydrogen) atoms. The lowest BCUT2D eigenvalue weighted by molar-refractivity contribution is -0.134. The lowest BCUT2D eigenvalue weighted by Crippen LogP contribution is -2.46. The Bertz CT molecular complexity index is 1290. The second kappa shape index (κ2) is 13.2. The van der Waals surface area contributed by atoms with Gasteiger partial charge in [0.25, 0.3) is 5.91 Å². The van der Waals surface area contributed by atoms with E-state index in [-0.39, 0.29) is 42.9 Å². The Morgan fingerprint density at radius 2 is 1.72 bits per heavy atom. The fourth-order valence-corrected chi connectivity index (χ4v) is 5.00. The summed E-state index contributed by atoms with van der Waals surface area (Å²) in [5.41, 5.74) is 4.53. The lowest BCUT2D eigenvalue weighted by Gasteiger charge is -2.36. The first-order valence-corrected chi connectivity index (χ1v) is 13.2. The van der Waals surface area contributed by atoms with E-state index < -0.39 is 0 Å². The van der Waals surface area contributed by atoms with Crippen LogP contribution < -0.4 is 10.1 Å². The van der Waals surface area contributed by atoms with Crippen LogP contribution in [0.1, 0.15) is 46.5 Å². The molecule has 0 fully saturated rings. The molecule has 0 unspecified atom stereocenters. The molecule has 0 saturated heterocycles. The number of benzene rings is 3. The third-order valence-corrected chi connectivity index (χ3v) is 7.20. The maximum atomic E-state index is 13.0. The number of carbonyl (C=O) groups excluding carboxylic acids is 2. The van der Waals surface area contributed by atoms with E-state index in [9.17, 15) is 14.7 Å². The summed E-state index contributed by atoms with van der Waals surface area (Å²) < 4.78 is 10.9. The Kier molecular flexibility index (Phi) is 9.52. The van der Waals surface area contributed by atoms with E-state index in [1.54, 1.807) is 43.4 Å². The van der Waals surface area contributed by atoms with Crippen molar-refractivity contribution in [3.63, 3.8) is 0 Å². The van der Waals surface area contributed by atoms with Crippen molar-refractivity contribution in [2.45, 2.75) is 38.5 Å². The van der Waals surface area contributed by atoms with Crippen LogP contribution in [0, 0.1) is 5.92 Å². The minimum Gasteiger partial charge on any atom is -0.497 e. The molecule has 0 saturated carbocycles. The molecule has 3 atom stereocenters. The number of fused-ring (bicyclic) bond motifs is 1. The summed E-state index contributed by atoms with van der Waals surface area (Å²) in [4.78, 5) is 27.4. The first-order chi connectivity index (χ1) is 18.9. The van der Waals surface area contributed by atoms with Gasteiger partial charge in [0.05, 0.1) is 25.9 Å². The number of anilines is 1. The number of hydrogen-bond acceptors (Lipinski definition) is 5. The van der Waals surface area contributed by atoms with Gasteiger partial charge in [0.15, 0.2) is 0 Å². The van der Waals surface area contributed by atoms with Gasteiger partial charge in [0.1, 0.15) is 5.75 Å². The van der Waals surface area contributed by atoms with Crippen molar-refractivity contribution < 1.29 is 24.2 Å². The highest BCUT2D eigenvalue weighted by Crippen LogP contribution is 2.28. The fourth-order valence-electron chi connectivity index (χ4n) is 5.00. The summed E-state index contributed by atoms with van der Waals surface area (Å²) in [7, 11) is 3.25. The summed E-state index contributed by atoms with van der Waals surface area (Å²) >= 11 is 0. The van der Waals surface area contributed by atoms with Crippen LogP contribution in [0.4, 0.5) is 5.69 Å². The summed E-state index contributed by atoms with van der Waals surface area (Å²) in [5.74, 6) is 0.507. The number of methoxy groups -OCH3 is 2. The van der Waals surface area contributed by atoms with Crippen LogP contribution in [0.3, 0.4) is 0 Å². The highest BCUT2D eigenvalue weighted by Gasteiger charge is 2.28. The molecule has 1 aliphatic heterocycles. The number of nitrogens with zero attached hydrogens (tertiary/aromatic N) is 1. The second-order valence-electron chi connectivity index (χ2n) is 9.78. The van der Waals surface area contributed by atoms with E-state index in [4.69, 9.17) is 9.47 Å². The minimum absolute atomic E-state index is 0.00192. The van der Waals surface area contributed by atoms with E-state index in [1.165, 1.54) is 5.56 Å². The Balaban J connectivity index is 1.34. The Morgan fingerprint density at radius 1 is 1.03 bits per heavy atom. The van der Waals surface area contributed by atoms with Gasteiger partial charge in [-0.2, -0.15) is 0 Å². The van der Waals surface area contributed by atoms with Crippen molar-refractivity contribution in [1.82, 2.24) is 4.90 Å². The molecule has 1 heterocycles. The lowest BCUT2D eigenvalue weighted by atomic mass is 9.93. The van der Waals surface area contributed by atoms with E-state index in [0.29, 0.717) is 30.0 Å². The third kappa shape index (κ3) is 6.93. The topological polar surface area (TPSA) is 88.1 Å². The van der Waals surface area contributed by atoms with Crippen LogP contribution in [0.15, 0.2) is 84.9 Å². The van der Waals surface area contributed by atoms with Crippen LogP contribution >= 0.6 is 0 Å². The van der Waals surface area contributed by atoms with Crippen LogP contribution in [0.2, 0.25) is 0 Å². The summed E-state index contributed by atoms with van der Waals surface area (Å²) in [6.45, 7) is 2.51. The molecule has 0 aromatic heterocycles. The molecule has 7 nitrogen and oxygen atoms in total. The molecule has 3 aromatic carbocycles. The van der Waals surface area contributed by atoms with E-state index in [1.807, 2.05) is 61.5 Å². The van der Waals surface area contributed by atoms with E-state index >= 15 is 0 Å². The zero-order valence-electron chi connectivity index (χ0n) is 22.7. The predicted molar refractivity (Wildman–Crippen MR) is 152 cm³/mol. The highest BCUT2D eigenvalue weighted by atomic mass is 16.5. The quantitative estimate of drug-likeness (QED) is 0.355. The zero-order chi connectivity index (χ0) is 27.8. The van der Waals surface area contributed by atoms with Crippen molar-refractivity contribution >= 4 is 17.5 Å². The monoisotopic (exact) mass is 528 g/mol. The molecule has 0 aliphatic carbocycles. The molecule has 1 aliphatic rings. The van der Waals surface area contributed by atoms with Crippen molar-refractivity contribution in [3.05, 3.63) is 107 Å². The van der Waals surface area contributed by atoms with Gasteiger partial charge < -0.3 is 24.8 Å². The number of aliphatic hydroxyl groups excluding tert-OH is 1. The zero-order valence-corrected chi connectivity index (χ0v) is 22.7. The molecule has 7 heteroatoms. The summed E-state index contributed by atoms with van der Waals surface area (Å²) in [5, 5.41) is 12.8. The number of ether oxygens (including phenoxy) is 2. The Morgan fingerprint density at radius 3 is 2.36 bits per heavy atom. The van der Waals surface area contributed by atoms with Crippen LogP contribution in [-0.4, -0.2) is 48.7 Å². The van der Waals surface area contributed by atoms with E-state index in [0.717, 1.165) is 11.1 Å². The van der Waals surface area contributed by atoms with Crippen molar-refractivity contribution in [1.29, 1.82) is 0 Å². The second-order valence-corrected chi connectivity index (χ2v) is 9.78.